The Morgan fingerprint density at radius 1 is 1.29 bits per heavy atom. The van der Waals surface area contributed by atoms with Gasteiger partial charge in [-0.15, -0.1) is 0 Å². The van der Waals surface area contributed by atoms with Crippen LogP contribution in [-0.4, -0.2) is 40.0 Å². The van der Waals surface area contributed by atoms with Gasteiger partial charge in [-0.2, -0.15) is 0 Å². The van der Waals surface area contributed by atoms with Crippen molar-refractivity contribution in [2.24, 2.45) is 23.0 Å². The third kappa shape index (κ3) is 3.76. The molecule has 1 saturated carbocycles. The highest BCUT2D eigenvalue weighted by Crippen LogP contribution is 2.45. The molecular formula is C16H30N2O3. The number of carbonyl (C=O) groups is 2. The van der Waals surface area contributed by atoms with E-state index in [1.54, 1.807) is 0 Å². The van der Waals surface area contributed by atoms with E-state index >= 15 is 0 Å². The Hall–Kier alpha value is -1.10. The molecule has 0 aliphatic heterocycles. The molecule has 1 amide bonds. The van der Waals surface area contributed by atoms with E-state index in [0.29, 0.717) is 0 Å². The molecule has 3 atom stereocenters. The van der Waals surface area contributed by atoms with Crippen LogP contribution in [0.25, 0.3) is 0 Å². The summed E-state index contributed by atoms with van der Waals surface area (Å²) in [5.74, 6) is -0.983. The molecule has 0 spiro atoms. The van der Waals surface area contributed by atoms with Gasteiger partial charge < -0.3 is 15.7 Å². The lowest BCUT2D eigenvalue weighted by atomic mass is 9.60. The van der Waals surface area contributed by atoms with Crippen molar-refractivity contribution in [1.82, 2.24) is 4.90 Å². The lowest BCUT2D eigenvalue weighted by Gasteiger charge is -2.48. The zero-order valence-corrected chi connectivity index (χ0v) is 14.1. The van der Waals surface area contributed by atoms with Gasteiger partial charge in [0.25, 0.3) is 0 Å². The predicted octanol–water partition coefficient (Wildman–Crippen LogP) is 2.10. The van der Waals surface area contributed by atoms with Crippen molar-refractivity contribution in [3.63, 3.8) is 0 Å². The Morgan fingerprint density at radius 3 is 2.24 bits per heavy atom. The van der Waals surface area contributed by atoms with Crippen LogP contribution >= 0.6 is 0 Å². The lowest BCUT2D eigenvalue weighted by molar-refractivity contribution is -0.155. The molecule has 21 heavy (non-hydrogen) atoms. The molecule has 1 fully saturated rings. The highest BCUT2D eigenvalue weighted by Gasteiger charge is 2.47. The number of aliphatic carboxylic acids is 1. The summed E-state index contributed by atoms with van der Waals surface area (Å²) in [5.41, 5.74) is 5.41. The maximum atomic E-state index is 13.0. The Kier molecular flexibility index (Phi) is 5.09. The smallest absolute Gasteiger partial charge is 0.323 e. The zero-order valence-electron chi connectivity index (χ0n) is 14.1. The van der Waals surface area contributed by atoms with Crippen LogP contribution in [0, 0.1) is 17.3 Å². The molecule has 0 aromatic carbocycles. The van der Waals surface area contributed by atoms with Crippen LogP contribution < -0.4 is 5.73 Å². The number of nitrogens with zero attached hydrogens (tertiary/aromatic N) is 1. The van der Waals surface area contributed by atoms with E-state index in [1.165, 1.54) is 4.90 Å². The van der Waals surface area contributed by atoms with Crippen molar-refractivity contribution < 1.29 is 14.7 Å². The standard InChI is InChI=1S/C16H30N2O3/c1-10-12(17)8-7-11(16(10,5)6)14(21)18(9-13(19)20)15(2,3)4/h10-12H,7-9,17H2,1-6H3,(H,19,20). The second-order valence-corrected chi connectivity index (χ2v) is 7.89. The van der Waals surface area contributed by atoms with Gasteiger partial charge in [-0.3, -0.25) is 9.59 Å². The molecule has 1 aliphatic rings. The van der Waals surface area contributed by atoms with Crippen LogP contribution in [0.2, 0.25) is 0 Å². The lowest BCUT2D eigenvalue weighted by Crippen LogP contribution is -2.56. The Bertz CT molecular complexity index is 412. The number of carboxylic acid groups (broad SMARTS) is 1. The molecule has 5 heteroatoms. The Balaban J connectivity index is 3.06. The number of carbonyl (C=O) groups excluding carboxylic acids is 1. The van der Waals surface area contributed by atoms with Crippen LogP contribution in [-0.2, 0) is 9.59 Å². The van der Waals surface area contributed by atoms with Gasteiger partial charge in [0.2, 0.25) is 5.91 Å². The van der Waals surface area contributed by atoms with Crippen molar-refractivity contribution >= 4 is 11.9 Å². The van der Waals surface area contributed by atoms with Crippen LogP contribution in [0.4, 0.5) is 0 Å². The van der Waals surface area contributed by atoms with Crippen molar-refractivity contribution in [2.75, 3.05) is 6.54 Å². The monoisotopic (exact) mass is 298 g/mol. The van der Waals surface area contributed by atoms with Crippen molar-refractivity contribution in [2.45, 2.75) is 66.0 Å². The van der Waals surface area contributed by atoms with Crippen LogP contribution in [0.5, 0.6) is 0 Å². The summed E-state index contributed by atoms with van der Waals surface area (Å²) in [6.45, 7) is 11.6. The predicted molar refractivity (Wildman–Crippen MR) is 82.7 cm³/mol. The Morgan fingerprint density at radius 2 is 1.81 bits per heavy atom. The SMILES string of the molecule is CC1C(N)CCC(C(=O)N(CC(=O)O)C(C)(C)C)C1(C)C. The van der Waals surface area contributed by atoms with E-state index in [2.05, 4.69) is 20.8 Å². The molecule has 3 unspecified atom stereocenters. The van der Waals surface area contributed by atoms with E-state index < -0.39 is 11.5 Å². The number of hydrogen-bond donors (Lipinski definition) is 2. The summed E-state index contributed by atoms with van der Waals surface area (Å²) in [5, 5.41) is 9.10. The quantitative estimate of drug-likeness (QED) is 0.835. The third-order valence-corrected chi connectivity index (χ3v) is 5.17. The first-order valence-corrected chi connectivity index (χ1v) is 7.68. The zero-order chi connectivity index (χ0) is 16.6. The fourth-order valence-electron chi connectivity index (χ4n) is 3.26. The van der Waals surface area contributed by atoms with E-state index in [0.717, 1.165) is 12.8 Å². The molecule has 5 nitrogen and oxygen atoms in total. The molecule has 0 radical (unpaired) electrons. The fraction of sp³-hybridized carbons (Fsp3) is 0.875. The average molecular weight is 298 g/mol. The second-order valence-electron chi connectivity index (χ2n) is 7.89. The molecule has 122 valence electrons. The largest absolute Gasteiger partial charge is 0.480 e. The first-order valence-electron chi connectivity index (χ1n) is 7.68. The minimum atomic E-state index is -0.975. The van der Waals surface area contributed by atoms with Gasteiger partial charge in [-0.25, -0.2) is 0 Å². The van der Waals surface area contributed by atoms with Crippen LogP contribution in [0.3, 0.4) is 0 Å². The van der Waals surface area contributed by atoms with Crippen LogP contribution in [0.15, 0.2) is 0 Å². The number of amides is 1. The first-order chi connectivity index (χ1) is 9.39. The maximum absolute atomic E-state index is 13.0. The summed E-state index contributed by atoms with van der Waals surface area (Å²) < 4.78 is 0. The second kappa shape index (κ2) is 5.95. The first kappa shape index (κ1) is 18.0. The number of hydrogen-bond acceptors (Lipinski definition) is 3. The van der Waals surface area contributed by atoms with Gasteiger partial charge in [0.1, 0.15) is 6.54 Å². The van der Waals surface area contributed by atoms with Gasteiger partial charge >= 0.3 is 5.97 Å². The molecule has 1 aliphatic carbocycles. The number of carboxylic acids is 1. The fourth-order valence-corrected chi connectivity index (χ4v) is 3.26. The molecular weight excluding hydrogens is 268 g/mol. The van der Waals surface area contributed by atoms with Gasteiger partial charge in [-0.1, -0.05) is 20.8 Å². The van der Waals surface area contributed by atoms with Crippen molar-refractivity contribution in [1.29, 1.82) is 0 Å². The summed E-state index contributed by atoms with van der Waals surface area (Å²) in [6, 6.07) is 0.103. The van der Waals surface area contributed by atoms with Gasteiger partial charge in [0.05, 0.1) is 0 Å². The highest BCUT2D eigenvalue weighted by molar-refractivity contribution is 5.84. The van der Waals surface area contributed by atoms with Gasteiger partial charge in [0, 0.05) is 17.5 Å². The summed E-state index contributed by atoms with van der Waals surface area (Å²) >= 11 is 0. The van der Waals surface area contributed by atoms with Gasteiger partial charge in [0.15, 0.2) is 0 Å². The van der Waals surface area contributed by atoms with Crippen LogP contribution in [0.1, 0.15) is 54.4 Å². The van der Waals surface area contributed by atoms with Crippen molar-refractivity contribution in [3.8, 4) is 0 Å². The van der Waals surface area contributed by atoms with Gasteiger partial charge in [-0.05, 0) is 44.9 Å². The maximum Gasteiger partial charge on any atom is 0.323 e. The molecule has 0 heterocycles. The number of rotatable bonds is 3. The van der Waals surface area contributed by atoms with E-state index in [9.17, 15) is 9.59 Å². The minimum absolute atomic E-state index is 0.0614. The Labute approximate surface area is 127 Å². The molecule has 0 aromatic rings. The normalized spacial score (nSPS) is 29.0. The molecule has 0 bridgehead atoms. The topological polar surface area (TPSA) is 83.6 Å². The summed E-state index contributed by atoms with van der Waals surface area (Å²) in [6.07, 6.45) is 1.54. The number of nitrogens with two attached hydrogens (primary N) is 1. The highest BCUT2D eigenvalue weighted by atomic mass is 16.4. The van der Waals surface area contributed by atoms with E-state index in [-0.39, 0.29) is 35.7 Å². The average Bonchev–Trinajstić information content (AvgIpc) is 2.31. The summed E-state index contributed by atoms with van der Waals surface area (Å²) in [4.78, 5) is 25.6. The molecule has 0 saturated heterocycles. The third-order valence-electron chi connectivity index (χ3n) is 5.17. The molecule has 1 rings (SSSR count). The van der Waals surface area contributed by atoms with Crippen molar-refractivity contribution in [3.05, 3.63) is 0 Å². The minimum Gasteiger partial charge on any atom is -0.480 e. The summed E-state index contributed by atoms with van der Waals surface area (Å²) in [7, 11) is 0. The molecule has 3 N–H and O–H groups in total. The van der Waals surface area contributed by atoms with E-state index in [4.69, 9.17) is 10.8 Å². The van der Waals surface area contributed by atoms with E-state index in [1.807, 2.05) is 20.8 Å². The molecule has 0 aromatic heterocycles.